The number of furan rings is 1. The van der Waals surface area contributed by atoms with Crippen LogP contribution < -0.4 is 0 Å². The summed E-state index contributed by atoms with van der Waals surface area (Å²) in [6, 6.07) is 31.1. The molecule has 0 spiro atoms. The summed E-state index contributed by atoms with van der Waals surface area (Å²) in [6.07, 6.45) is 0. The van der Waals surface area contributed by atoms with Gasteiger partial charge in [0.05, 0.1) is 13.7 Å². The van der Waals surface area contributed by atoms with Crippen molar-refractivity contribution in [3.63, 3.8) is 0 Å². The molecule has 0 radical (unpaired) electrons. The van der Waals surface area contributed by atoms with Crippen LogP contribution in [0.3, 0.4) is 0 Å². The highest BCUT2D eigenvalue weighted by Gasteiger charge is 2.19. The number of para-hydroxylation sites is 1. The zero-order valence-corrected chi connectivity index (χ0v) is 23.8. The molecule has 45 heavy (non-hydrogen) atoms. The fourth-order valence-electron chi connectivity index (χ4n) is 6.43. The number of rotatable bonds is 4. The Labute approximate surface area is 275 Å². The summed E-state index contributed by atoms with van der Waals surface area (Å²) >= 11 is 0. The first-order valence-corrected chi connectivity index (χ1v) is 14.6. The molecule has 1 heteroatoms. The minimum atomic E-state index is -0.463. The molecule has 0 saturated carbocycles. The summed E-state index contributed by atoms with van der Waals surface area (Å²) in [5, 5.41) is 5.45. The summed E-state index contributed by atoms with van der Waals surface area (Å²) < 4.78 is 90.1. The maximum absolute atomic E-state index is 8.77. The van der Waals surface area contributed by atoms with Crippen LogP contribution >= 0.6 is 0 Å². The van der Waals surface area contributed by atoms with Crippen LogP contribution in [-0.2, 0) is 0 Å². The molecular weight excluding hydrogens is 544 g/mol. The minimum Gasteiger partial charge on any atom is -0.456 e. The highest BCUT2D eigenvalue weighted by molar-refractivity contribution is 6.22. The number of benzene rings is 8. The summed E-state index contributed by atoms with van der Waals surface area (Å²) in [6.45, 7) is 0. The lowest BCUT2D eigenvalue weighted by Crippen LogP contribution is -1.92. The van der Waals surface area contributed by atoms with Crippen molar-refractivity contribution in [3.8, 4) is 44.5 Å². The van der Waals surface area contributed by atoms with E-state index in [0.717, 1.165) is 65.7 Å². The van der Waals surface area contributed by atoms with E-state index in [-0.39, 0.29) is 35.3 Å². The van der Waals surface area contributed by atoms with Gasteiger partial charge in [-0.2, -0.15) is 0 Å². The predicted molar refractivity (Wildman–Crippen MR) is 190 cm³/mol. The molecule has 9 aromatic rings. The van der Waals surface area contributed by atoms with Gasteiger partial charge in [0, 0.05) is 10.8 Å². The largest absolute Gasteiger partial charge is 0.456 e. The highest BCUT2D eigenvalue weighted by atomic mass is 16.3. The van der Waals surface area contributed by atoms with Crippen LogP contribution in [0.5, 0.6) is 0 Å². The van der Waals surface area contributed by atoms with Crippen LogP contribution in [0, 0.1) is 0 Å². The molecule has 0 atom stereocenters. The van der Waals surface area contributed by atoms with Gasteiger partial charge in [-0.15, -0.1) is 0 Å². The molecule has 9 rings (SSSR count). The fraction of sp³-hybridized carbons (Fsp3) is 0. The van der Waals surface area contributed by atoms with E-state index in [0.29, 0.717) is 11.1 Å². The lowest BCUT2D eigenvalue weighted by Gasteiger charge is -2.19. The van der Waals surface area contributed by atoms with Crippen molar-refractivity contribution in [3.05, 3.63) is 170 Å². The molecule has 0 N–H and O–H groups in total. The van der Waals surface area contributed by atoms with E-state index in [9.17, 15) is 0 Å². The molecule has 0 saturated heterocycles. The average molecular weight is 583 g/mol. The fourth-order valence-corrected chi connectivity index (χ4v) is 6.43. The van der Waals surface area contributed by atoms with Gasteiger partial charge in [-0.1, -0.05) is 145 Å². The SMILES string of the molecule is [2H]c1c([2H])c([2H])c(-c2ccc(-c3c4ccccc4c(-c4ccc5oc6ccccc6c5c4)c4ccc(-c5c([2H])c([2H])c([2H])c([2H])c5[2H])cc34)cc2)c([2H])c1[2H]. The molecule has 0 aliphatic rings. The van der Waals surface area contributed by atoms with Gasteiger partial charge in [-0.05, 0) is 90.3 Å². The maximum atomic E-state index is 8.77. The molecule has 0 unspecified atom stereocenters. The van der Waals surface area contributed by atoms with Gasteiger partial charge in [0.25, 0.3) is 0 Å². The van der Waals surface area contributed by atoms with Crippen LogP contribution in [0.2, 0.25) is 0 Å². The molecule has 0 amide bonds. The molecule has 210 valence electrons. The Morgan fingerprint density at radius 3 is 1.53 bits per heavy atom. The Balaban J connectivity index is 1.36. The molecule has 0 bridgehead atoms. The molecule has 0 aliphatic carbocycles. The van der Waals surface area contributed by atoms with E-state index in [1.54, 1.807) is 18.2 Å². The molecular formula is C44H28O. The van der Waals surface area contributed by atoms with E-state index >= 15 is 0 Å². The average Bonchev–Trinajstić information content (AvgIpc) is 3.58. The summed E-state index contributed by atoms with van der Waals surface area (Å²) in [5.74, 6) is 0. The monoisotopic (exact) mass is 582 g/mol. The third-order valence-corrected chi connectivity index (χ3v) is 8.44. The Hall–Kier alpha value is -5.92. The summed E-state index contributed by atoms with van der Waals surface area (Å²) in [4.78, 5) is 0. The second-order valence-electron chi connectivity index (χ2n) is 10.9. The second-order valence-corrected chi connectivity index (χ2v) is 10.9. The standard InChI is InChI=1S/C44H28O/c1-3-11-29(12-4-1)31-19-21-32(22-20-31)43-36-16-7-8-17-37(36)44(38-25-23-33(27-40(38)43)30-13-5-2-6-14-30)34-24-26-42-39(28-34)35-15-9-10-18-41(35)45-42/h1-28H/i1D,2D,3D,4D,5D,6D,11D,12D,13D,14D. The van der Waals surface area contributed by atoms with Crippen molar-refractivity contribution in [1.82, 2.24) is 0 Å². The van der Waals surface area contributed by atoms with E-state index in [1.807, 2.05) is 78.9 Å². The predicted octanol–water partition coefficient (Wildman–Crippen LogP) is 12.6. The third kappa shape index (κ3) is 4.24. The number of hydrogen-bond donors (Lipinski definition) is 0. The van der Waals surface area contributed by atoms with Gasteiger partial charge in [0.2, 0.25) is 0 Å². The topological polar surface area (TPSA) is 13.1 Å². The van der Waals surface area contributed by atoms with Gasteiger partial charge in [0.1, 0.15) is 11.2 Å². The third-order valence-electron chi connectivity index (χ3n) is 8.44. The zero-order chi connectivity index (χ0) is 38.4. The van der Waals surface area contributed by atoms with Crippen LogP contribution in [0.25, 0.3) is 88.0 Å². The minimum absolute atomic E-state index is 0.0939. The smallest absolute Gasteiger partial charge is 0.135 e. The van der Waals surface area contributed by atoms with Crippen molar-refractivity contribution < 1.29 is 18.1 Å². The Kier molecular flexibility index (Phi) is 4.01. The normalized spacial score (nSPS) is 14.7. The van der Waals surface area contributed by atoms with E-state index in [1.165, 1.54) is 0 Å². The van der Waals surface area contributed by atoms with Gasteiger partial charge >= 0.3 is 0 Å². The Morgan fingerprint density at radius 1 is 0.333 bits per heavy atom. The first kappa shape index (κ1) is 17.4. The molecule has 0 aliphatic heterocycles. The van der Waals surface area contributed by atoms with Crippen molar-refractivity contribution in [2.24, 2.45) is 0 Å². The molecule has 1 aromatic heterocycles. The first-order valence-electron chi connectivity index (χ1n) is 19.6. The zero-order valence-electron chi connectivity index (χ0n) is 33.8. The molecule has 8 aromatic carbocycles. The van der Waals surface area contributed by atoms with E-state index in [2.05, 4.69) is 12.1 Å². The lowest BCUT2D eigenvalue weighted by molar-refractivity contribution is 0.669. The van der Waals surface area contributed by atoms with Crippen molar-refractivity contribution in [2.45, 2.75) is 0 Å². The Morgan fingerprint density at radius 2 is 0.822 bits per heavy atom. The Bertz CT molecular complexity index is 3040. The van der Waals surface area contributed by atoms with Crippen LogP contribution in [0.1, 0.15) is 13.7 Å². The van der Waals surface area contributed by atoms with Crippen molar-refractivity contribution in [1.29, 1.82) is 0 Å². The van der Waals surface area contributed by atoms with Gasteiger partial charge < -0.3 is 4.42 Å². The molecule has 1 heterocycles. The van der Waals surface area contributed by atoms with Crippen molar-refractivity contribution >= 4 is 43.5 Å². The maximum Gasteiger partial charge on any atom is 0.135 e. The molecule has 0 fully saturated rings. The van der Waals surface area contributed by atoms with E-state index in [4.69, 9.17) is 18.1 Å². The van der Waals surface area contributed by atoms with Gasteiger partial charge in [0.15, 0.2) is 0 Å². The highest BCUT2D eigenvalue weighted by Crippen LogP contribution is 2.46. The van der Waals surface area contributed by atoms with Gasteiger partial charge in [-0.3, -0.25) is 0 Å². The summed E-state index contributed by atoms with van der Waals surface area (Å²) in [7, 11) is 0. The van der Waals surface area contributed by atoms with Gasteiger partial charge in [-0.25, -0.2) is 0 Å². The first-order chi connectivity index (χ1) is 26.5. The van der Waals surface area contributed by atoms with Crippen molar-refractivity contribution in [2.75, 3.05) is 0 Å². The van der Waals surface area contributed by atoms with Crippen LogP contribution in [-0.4, -0.2) is 0 Å². The number of fused-ring (bicyclic) bond motifs is 5. The quantitative estimate of drug-likeness (QED) is 0.188. The number of hydrogen-bond acceptors (Lipinski definition) is 1. The molecule has 1 nitrogen and oxygen atoms in total. The lowest BCUT2D eigenvalue weighted by atomic mass is 9.84. The second kappa shape index (κ2) is 10.4. The van der Waals surface area contributed by atoms with Crippen LogP contribution in [0.4, 0.5) is 0 Å². The van der Waals surface area contributed by atoms with Crippen LogP contribution in [0.15, 0.2) is 174 Å². The van der Waals surface area contributed by atoms with E-state index < -0.39 is 36.3 Å². The summed E-state index contributed by atoms with van der Waals surface area (Å²) in [5.41, 5.74) is 6.16.